The first-order valence-electron chi connectivity index (χ1n) is 4.27. The molecule has 0 spiro atoms. The third-order valence-electron chi connectivity index (χ3n) is 2.25. The Morgan fingerprint density at radius 3 is 3.15 bits per heavy atom. The van der Waals surface area contributed by atoms with E-state index in [9.17, 15) is 4.79 Å². The summed E-state index contributed by atoms with van der Waals surface area (Å²) in [6.45, 7) is 0.906. The van der Waals surface area contributed by atoms with E-state index in [2.05, 4.69) is 10.1 Å². The summed E-state index contributed by atoms with van der Waals surface area (Å²) in [5.41, 5.74) is 2.77. The van der Waals surface area contributed by atoms with E-state index in [0.29, 0.717) is 5.56 Å². The lowest BCUT2D eigenvalue weighted by atomic mass is 10.1. The fraction of sp³-hybridized carbons (Fsp3) is 0.300. The van der Waals surface area contributed by atoms with Crippen molar-refractivity contribution in [3.05, 3.63) is 29.3 Å². The first-order chi connectivity index (χ1) is 6.33. The van der Waals surface area contributed by atoms with Gasteiger partial charge in [-0.2, -0.15) is 0 Å². The molecule has 0 saturated heterocycles. The number of carbonyl (C=O) groups is 1. The minimum absolute atomic E-state index is 0.272. The van der Waals surface area contributed by atoms with E-state index in [-0.39, 0.29) is 5.97 Å². The number of esters is 1. The Bertz CT molecular complexity index is 347. The maximum absolute atomic E-state index is 11.3. The molecule has 13 heavy (non-hydrogen) atoms. The van der Waals surface area contributed by atoms with Gasteiger partial charge in [-0.15, -0.1) is 0 Å². The lowest BCUT2D eigenvalue weighted by Gasteiger charge is -2.05. The van der Waals surface area contributed by atoms with Crippen LogP contribution in [0, 0.1) is 0 Å². The fourth-order valence-electron chi connectivity index (χ4n) is 1.62. The number of fused-ring (bicyclic) bond motifs is 1. The van der Waals surface area contributed by atoms with Gasteiger partial charge < -0.3 is 10.1 Å². The van der Waals surface area contributed by atoms with E-state index in [1.54, 1.807) is 6.07 Å². The van der Waals surface area contributed by atoms with Crippen LogP contribution in [0.3, 0.4) is 0 Å². The normalized spacial score (nSPS) is 13.3. The summed E-state index contributed by atoms with van der Waals surface area (Å²) in [6.07, 6.45) is 0.986. The maximum atomic E-state index is 11.3. The molecule has 0 fully saturated rings. The van der Waals surface area contributed by atoms with Crippen molar-refractivity contribution in [2.75, 3.05) is 19.0 Å². The SMILES string of the molecule is COC(=O)c1cccc2c1NCC2. The molecule has 0 aliphatic carbocycles. The van der Waals surface area contributed by atoms with Gasteiger partial charge in [0.05, 0.1) is 18.4 Å². The number of carbonyl (C=O) groups excluding carboxylic acids is 1. The van der Waals surface area contributed by atoms with Gasteiger partial charge in [-0.05, 0) is 18.1 Å². The predicted molar refractivity (Wildman–Crippen MR) is 50.0 cm³/mol. The van der Waals surface area contributed by atoms with Gasteiger partial charge in [0.1, 0.15) is 0 Å². The second-order valence-electron chi connectivity index (χ2n) is 3.01. The Hall–Kier alpha value is -1.51. The molecule has 0 unspecified atom stereocenters. The van der Waals surface area contributed by atoms with Crippen molar-refractivity contribution in [1.82, 2.24) is 0 Å². The molecule has 0 atom stereocenters. The number of benzene rings is 1. The van der Waals surface area contributed by atoms with Gasteiger partial charge in [0.2, 0.25) is 0 Å². The molecular formula is C10H11NO2. The maximum Gasteiger partial charge on any atom is 0.339 e. The molecule has 0 bridgehead atoms. The monoisotopic (exact) mass is 177 g/mol. The first kappa shape index (κ1) is 8.10. The third-order valence-corrected chi connectivity index (χ3v) is 2.25. The molecular weight excluding hydrogens is 166 g/mol. The van der Waals surface area contributed by atoms with Crippen LogP contribution in [0.25, 0.3) is 0 Å². The first-order valence-corrected chi connectivity index (χ1v) is 4.27. The summed E-state index contributed by atoms with van der Waals surface area (Å²) in [5.74, 6) is -0.272. The number of nitrogens with one attached hydrogen (secondary N) is 1. The number of para-hydroxylation sites is 1. The Morgan fingerprint density at radius 1 is 1.54 bits per heavy atom. The molecule has 68 valence electrons. The molecule has 1 aliphatic heterocycles. The van der Waals surface area contributed by atoms with Crippen LogP contribution in [0.4, 0.5) is 5.69 Å². The zero-order chi connectivity index (χ0) is 9.26. The summed E-state index contributed by atoms with van der Waals surface area (Å²) < 4.78 is 4.68. The van der Waals surface area contributed by atoms with Gasteiger partial charge >= 0.3 is 5.97 Å². The highest BCUT2D eigenvalue weighted by Crippen LogP contribution is 2.26. The highest BCUT2D eigenvalue weighted by Gasteiger charge is 2.18. The number of anilines is 1. The van der Waals surface area contributed by atoms with Gasteiger partial charge in [0, 0.05) is 6.54 Å². The highest BCUT2D eigenvalue weighted by molar-refractivity contribution is 5.96. The minimum Gasteiger partial charge on any atom is -0.465 e. The van der Waals surface area contributed by atoms with Crippen LogP contribution in [0.2, 0.25) is 0 Å². The fourth-order valence-corrected chi connectivity index (χ4v) is 1.62. The third kappa shape index (κ3) is 1.26. The lowest BCUT2D eigenvalue weighted by molar-refractivity contribution is 0.0602. The molecule has 3 heteroatoms. The summed E-state index contributed by atoms with van der Waals surface area (Å²) in [7, 11) is 1.40. The van der Waals surface area contributed by atoms with Crippen molar-refractivity contribution in [3.63, 3.8) is 0 Å². The number of hydrogen-bond acceptors (Lipinski definition) is 3. The zero-order valence-corrected chi connectivity index (χ0v) is 7.46. The van der Waals surface area contributed by atoms with E-state index in [4.69, 9.17) is 0 Å². The zero-order valence-electron chi connectivity index (χ0n) is 7.46. The Kier molecular flexibility index (Phi) is 1.93. The van der Waals surface area contributed by atoms with Crippen molar-refractivity contribution < 1.29 is 9.53 Å². The van der Waals surface area contributed by atoms with E-state index < -0.39 is 0 Å². The molecule has 0 radical (unpaired) electrons. The topological polar surface area (TPSA) is 38.3 Å². The van der Waals surface area contributed by atoms with Crippen LogP contribution in [0.15, 0.2) is 18.2 Å². The van der Waals surface area contributed by atoms with Gasteiger partial charge in [-0.1, -0.05) is 12.1 Å². The number of hydrogen-bond donors (Lipinski definition) is 1. The smallest absolute Gasteiger partial charge is 0.339 e. The highest BCUT2D eigenvalue weighted by atomic mass is 16.5. The lowest BCUT2D eigenvalue weighted by Crippen LogP contribution is -2.05. The molecule has 1 aliphatic rings. The molecule has 1 N–H and O–H groups in total. The molecule has 0 saturated carbocycles. The van der Waals surface area contributed by atoms with E-state index in [1.165, 1.54) is 12.7 Å². The molecule has 0 amide bonds. The average Bonchev–Trinajstić information content (AvgIpc) is 2.63. The van der Waals surface area contributed by atoms with E-state index in [1.807, 2.05) is 12.1 Å². The summed E-state index contributed by atoms with van der Waals surface area (Å²) in [6, 6.07) is 5.70. The standard InChI is InChI=1S/C10H11NO2/c1-13-10(12)8-4-2-3-7-5-6-11-9(7)8/h2-4,11H,5-6H2,1H3. The van der Waals surface area contributed by atoms with Crippen LogP contribution < -0.4 is 5.32 Å². The summed E-state index contributed by atoms with van der Waals surface area (Å²) in [5, 5.41) is 3.18. The predicted octanol–water partition coefficient (Wildman–Crippen LogP) is 1.44. The van der Waals surface area contributed by atoms with Gasteiger partial charge in [-0.3, -0.25) is 0 Å². The molecule has 1 aromatic rings. The van der Waals surface area contributed by atoms with E-state index in [0.717, 1.165) is 18.7 Å². The van der Waals surface area contributed by atoms with Crippen LogP contribution >= 0.6 is 0 Å². The number of ether oxygens (including phenoxy) is 1. The second-order valence-corrected chi connectivity index (χ2v) is 3.01. The summed E-state index contributed by atoms with van der Waals surface area (Å²) in [4.78, 5) is 11.3. The van der Waals surface area contributed by atoms with Crippen molar-refractivity contribution in [3.8, 4) is 0 Å². The number of rotatable bonds is 1. The Balaban J connectivity index is 2.47. The van der Waals surface area contributed by atoms with Gasteiger partial charge in [-0.25, -0.2) is 4.79 Å². The molecule has 1 aromatic carbocycles. The van der Waals surface area contributed by atoms with Gasteiger partial charge in [0.25, 0.3) is 0 Å². The van der Waals surface area contributed by atoms with Crippen LogP contribution in [0.1, 0.15) is 15.9 Å². The average molecular weight is 177 g/mol. The van der Waals surface area contributed by atoms with Crippen molar-refractivity contribution in [2.24, 2.45) is 0 Å². The molecule has 3 nitrogen and oxygen atoms in total. The summed E-state index contributed by atoms with van der Waals surface area (Å²) >= 11 is 0. The van der Waals surface area contributed by atoms with Crippen molar-refractivity contribution >= 4 is 11.7 Å². The quantitative estimate of drug-likeness (QED) is 0.660. The largest absolute Gasteiger partial charge is 0.465 e. The second kappa shape index (κ2) is 3.09. The van der Waals surface area contributed by atoms with Crippen LogP contribution in [-0.2, 0) is 11.2 Å². The Labute approximate surface area is 76.7 Å². The minimum atomic E-state index is -0.272. The number of methoxy groups -OCH3 is 1. The van der Waals surface area contributed by atoms with Gasteiger partial charge in [0.15, 0.2) is 0 Å². The van der Waals surface area contributed by atoms with E-state index >= 15 is 0 Å². The molecule has 0 aromatic heterocycles. The molecule has 2 rings (SSSR count). The Morgan fingerprint density at radius 2 is 2.38 bits per heavy atom. The molecule has 1 heterocycles. The van der Waals surface area contributed by atoms with Crippen LogP contribution in [-0.4, -0.2) is 19.6 Å². The van der Waals surface area contributed by atoms with Crippen LogP contribution in [0.5, 0.6) is 0 Å². The van der Waals surface area contributed by atoms with Crippen molar-refractivity contribution in [1.29, 1.82) is 0 Å². The van der Waals surface area contributed by atoms with Crippen molar-refractivity contribution in [2.45, 2.75) is 6.42 Å².